The molecule has 6 nitrogen and oxygen atoms in total. The molecular weight excluding hydrogens is 1810 g/mol. The standard InChI is InChI=1S/C40H47N.C35H38FN.C33H36N2.C28H21F4NO/c1-26-22-31(41(29-18-14-12-15-19-29)30-20-16-13-17-21-30)23-27(2)34(26)28-24-32-35-33(25-28)37(5,6)39(9,10)40(35,11)38(7,8)36(32,3)4;1-23-19-28(37(26-15-11-9-12-16-26)27-17-13-10-14-18-27)20-24(2)31(23)25-21-29-32(30(36)22-25)34(5,6)35(7,8)33(29,3)4;1-23-20-28(35(26-14-10-8-11-15-26)27-16-12-9-13-17-27)21-24(2)31(23)25-18-19-29-30(22-25)33(5,6)34(7)32(29,3)4;1-18-15-23(33(21-9-5-3-6-10-21)22-11-7-4-8-12-22)16-19(2)26(18)20-13-14-24-25(17-20)28(31,32)34-27(24,29)30/h12-25H,1-11H3;9-22H,1-8H3;8-22H,1-7H3;3-17H,1-2H3. The third kappa shape index (κ3) is 17.1. The minimum atomic E-state index is -4.05. The van der Waals surface area contributed by atoms with E-state index in [0.29, 0.717) is 5.56 Å². The van der Waals surface area contributed by atoms with E-state index in [-0.39, 0.29) is 60.2 Å². The van der Waals surface area contributed by atoms with E-state index in [9.17, 15) is 17.6 Å². The van der Waals surface area contributed by atoms with Gasteiger partial charge in [0.2, 0.25) is 0 Å². The maximum atomic E-state index is 15.9. The number of aryl methyl sites for hydroxylation is 8. The minimum Gasteiger partial charge on any atom is -0.310 e. The molecule has 752 valence electrons. The molecule has 0 fully saturated rings. The summed E-state index contributed by atoms with van der Waals surface area (Å²) in [6, 6.07) is 121. The van der Waals surface area contributed by atoms with Crippen molar-refractivity contribution < 1.29 is 26.7 Å². The van der Waals surface area contributed by atoms with Crippen LogP contribution in [-0.4, -0.2) is 11.9 Å². The van der Waals surface area contributed by atoms with Gasteiger partial charge in [-0.3, -0.25) is 4.90 Å². The van der Waals surface area contributed by atoms with Gasteiger partial charge in [0.05, 0.1) is 11.1 Å². The predicted octanol–water partition coefficient (Wildman–Crippen LogP) is 38.9. The van der Waals surface area contributed by atoms with Crippen LogP contribution >= 0.6 is 0 Å². The zero-order chi connectivity index (χ0) is 106. The molecule has 147 heavy (non-hydrogen) atoms. The molecule has 0 saturated heterocycles. The number of alkyl halides is 4. The van der Waals surface area contributed by atoms with Crippen LogP contribution in [0.25, 0.3) is 44.5 Å². The van der Waals surface area contributed by atoms with Crippen LogP contribution < -0.4 is 19.6 Å². The highest BCUT2D eigenvalue weighted by molar-refractivity contribution is 5.88. The number of hydrogen-bond acceptors (Lipinski definition) is 6. The lowest BCUT2D eigenvalue weighted by Gasteiger charge is -2.56. The second-order valence-electron chi connectivity index (χ2n) is 46.5. The monoisotopic (exact) mass is 1960 g/mol. The highest BCUT2D eigenvalue weighted by Gasteiger charge is 2.72. The minimum absolute atomic E-state index is 0.00594. The number of rotatable bonds is 16. The van der Waals surface area contributed by atoms with Crippen molar-refractivity contribution in [3.05, 3.63) is 452 Å². The molecule has 0 unspecified atom stereocenters. The van der Waals surface area contributed by atoms with Crippen LogP contribution in [0.2, 0.25) is 0 Å². The van der Waals surface area contributed by atoms with Crippen LogP contribution in [0.15, 0.2) is 352 Å². The van der Waals surface area contributed by atoms with Crippen LogP contribution in [-0.2, 0) is 55.1 Å². The number of nitrogens with zero attached hydrogens (tertiary/aromatic N) is 5. The van der Waals surface area contributed by atoms with Gasteiger partial charge in [-0.2, -0.15) is 17.6 Å². The Kier molecular flexibility index (Phi) is 26.4. The van der Waals surface area contributed by atoms with Gasteiger partial charge in [0.15, 0.2) is 0 Å². The fourth-order valence-corrected chi connectivity index (χ4v) is 25.7. The summed E-state index contributed by atoms with van der Waals surface area (Å²) in [5.41, 5.74) is 39.0. The molecule has 16 aromatic carbocycles. The Morgan fingerprint density at radius 2 is 0.429 bits per heavy atom. The van der Waals surface area contributed by atoms with Crippen LogP contribution in [0.4, 0.5) is 90.2 Å². The fourth-order valence-electron chi connectivity index (χ4n) is 25.7. The van der Waals surface area contributed by atoms with Gasteiger partial charge in [0, 0.05) is 84.7 Å². The molecule has 0 bridgehead atoms. The highest BCUT2D eigenvalue weighted by Crippen LogP contribution is 2.77. The van der Waals surface area contributed by atoms with Crippen molar-refractivity contribution in [2.45, 2.75) is 237 Å². The first-order chi connectivity index (χ1) is 69.3. The van der Waals surface area contributed by atoms with E-state index in [1.54, 1.807) is 22.8 Å². The lowest BCUT2D eigenvalue weighted by atomic mass is 9.47. The largest absolute Gasteiger partial charge is 0.388 e. The van der Waals surface area contributed by atoms with Gasteiger partial charge >= 0.3 is 12.2 Å². The van der Waals surface area contributed by atoms with Gasteiger partial charge in [0.1, 0.15) is 5.82 Å². The van der Waals surface area contributed by atoms with Crippen LogP contribution in [0.5, 0.6) is 0 Å². The Morgan fingerprint density at radius 3 is 0.707 bits per heavy atom. The highest BCUT2D eigenvalue weighted by atomic mass is 19.3. The Bertz CT molecular complexity index is 7360. The number of fused-ring (bicyclic) bond motifs is 3. The molecule has 5 aliphatic rings. The Hall–Kier alpha value is -13.7. The maximum absolute atomic E-state index is 15.9. The summed E-state index contributed by atoms with van der Waals surface area (Å²) in [4.78, 5) is 11.6. The van der Waals surface area contributed by atoms with Crippen LogP contribution in [0, 0.1) is 77.5 Å². The molecule has 0 saturated carbocycles. The van der Waals surface area contributed by atoms with Crippen molar-refractivity contribution in [3.8, 4) is 44.5 Å². The summed E-state index contributed by atoms with van der Waals surface area (Å²) in [5, 5.41) is 0. The van der Waals surface area contributed by atoms with E-state index in [1.807, 2.05) is 98.8 Å². The van der Waals surface area contributed by atoms with Crippen molar-refractivity contribution in [2.24, 2.45) is 16.2 Å². The molecule has 0 N–H and O–H groups in total. The fraction of sp³-hybridized carbons (Fsp3) is 0.294. The summed E-state index contributed by atoms with van der Waals surface area (Å²) in [5.74, 6) is -0.0887. The van der Waals surface area contributed by atoms with Crippen molar-refractivity contribution >= 4 is 68.2 Å². The molecule has 16 aromatic rings. The predicted molar refractivity (Wildman–Crippen MR) is 608 cm³/mol. The number of benzene rings is 16. The van der Waals surface area contributed by atoms with Crippen molar-refractivity contribution in [1.82, 2.24) is 4.90 Å². The molecule has 11 heteroatoms. The molecule has 0 amide bonds. The van der Waals surface area contributed by atoms with Crippen molar-refractivity contribution in [3.63, 3.8) is 0 Å². The zero-order valence-electron chi connectivity index (χ0n) is 91.0. The molecular formula is C136H142F5N5O. The number of hydrogen-bond donors (Lipinski definition) is 0. The third-order valence-corrected chi connectivity index (χ3v) is 36.4. The van der Waals surface area contributed by atoms with Gasteiger partial charge in [-0.15, -0.1) is 0 Å². The first-order valence-corrected chi connectivity index (χ1v) is 51.9. The number of ether oxygens (including phenoxy) is 1. The molecule has 2 aliphatic heterocycles. The maximum Gasteiger partial charge on any atom is 0.388 e. The first kappa shape index (κ1) is 103. The summed E-state index contributed by atoms with van der Waals surface area (Å²) in [6.45, 7) is 62.5. The molecule has 21 rings (SSSR count). The van der Waals surface area contributed by atoms with E-state index in [0.717, 1.165) is 108 Å². The average molecular weight is 1960 g/mol. The molecule has 2 heterocycles. The van der Waals surface area contributed by atoms with E-state index in [2.05, 4.69) is 452 Å². The smallest absolute Gasteiger partial charge is 0.310 e. The average Bonchev–Trinajstić information content (AvgIpc) is 1.47. The Labute approximate surface area is 871 Å². The topological polar surface area (TPSA) is 25.4 Å². The second kappa shape index (κ2) is 37.6. The number of anilines is 12. The second-order valence-corrected chi connectivity index (χ2v) is 46.5. The van der Waals surface area contributed by atoms with Gasteiger partial charge in [-0.05, 0) is 426 Å². The zero-order valence-corrected chi connectivity index (χ0v) is 91.0. The lowest BCUT2D eigenvalue weighted by molar-refractivity contribution is -0.369. The van der Waals surface area contributed by atoms with Gasteiger partial charge in [-0.1, -0.05) is 286 Å². The third-order valence-electron chi connectivity index (χ3n) is 36.4. The Balaban J connectivity index is 0.000000129. The van der Waals surface area contributed by atoms with Crippen LogP contribution in [0.3, 0.4) is 0 Å². The number of para-hydroxylation sites is 8. The normalized spacial score (nSPS) is 17.3. The molecule has 0 radical (unpaired) electrons. The lowest BCUT2D eigenvalue weighted by Crippen LogP contribution is -2.55. The van der Waals surface area contributed by atoms with Crippen molar-refractivity contribution in [2.75, 3.05) is 26.6 Å². The van der Waals surface area contributed by atoms with E-state index in [1.165, 1.54) is 84.5 Å². The Morgan fingerprint density at radius 1 is 0.211 bits per heavy atom. The summed E-state index contributed by atoms with van der Waals surface area (Å²) < 4.78 is 75.8. The molecule has 3 aliphatic carbocycles. The quantitative estimate of drug-likeness (QED) is 0.0895. The summed E-state index contributed by atoms with van der Waals surface area (Å²) in [7, 11) is 2.24. The molecule has 0 aromatic heterocycles. The first-order valence-electron chi connectivity index (χ1n) is 51.9. The van der Waals surface area contributed by atoms with Gasteiger partial charge in [-0.25, -0.2) is 9.13 Å². The molecule has 0 spiro atoms. The van der Waals surface area contributed by atoms with E-state index < -0.39 is 23.3 Å². The number of halogens is 5. The van der Waals surface area contributed by atoms with E-state index in [4.69, 9.17) is 0 Å². The SMILES string of the molecule is Cc1cc(N(c2ccccc2)c2ccccc2)cc(C)c1-c1cc(F)c2c(c1)C(C)(C)C(C)(C)C2(C)C.Cc1cc(N(c2ccccc2)c2ccccc2)cc(C)c1-c1cc2c3c(c1)C(C)(C)C(C)(C)C3(C)C(C)(C)C2(C)C.Cc1cc(N(c2ccccc2)c2ccccc2)cc(C)c1-c1ccc2c(c1)C(C)(C)N(C)C2(C)C.Cc1cc(N(c2ccccc2)c2ccccc2)cc(C)c1-c1ccc2c(c1)C(F)(F)OC2(F)F. The van der Waals surface area contributed by atoms with Gasteiger partial charge in [0.25, 0.3) is 0 Å². The van der Waals surface area contributed by atoms with Crippen molar-refractivity contribution in [1.29, 1.82) is 0 Å². The summed E-state index contributed by atoms with van der Waals surface area (Å²) >= 11 is 0. The summed E-state index contributed by atoms with van der Waals surface area (Å²) in [6.07, 6.45) is -8.06. The molecule has 0 atom stereocenters. The van der Waals surface area contributed by atoms with Crippen LogP contribution in [0.1, 0.15) is 226 Å². The van der Waals surface area contributed by atoms with E-state index >= 15 is 4.39 Å². The van der Waals surface area contributed by atoms with Gasteiger partial charge < -0.3 is 19.6 Å².